The van der Waals surface area contributed by atoms with Gasteiger partial charge in [-0.25, -0.2) is 0 Å². The van der Waals surface area contributed by atoms with E-state index in [9.17, 15) is 5.11 Å². The van der Waals surface area contributed by atoms with Crippen molar-refractivity contribution in [2.24, 2.45) is 5.92 Å². The number of rotatable bonds is 2. The van der Waals surface area contributed by atoms with Gasteiger partial charge < -0.3 is 5.11 Å². The second kappa shape index (κ2) is 6.31. The van der Waals surface area contributed by atoms with E-state index in [-0.39, 0.29) is 24.6 Å². The number of hydrogen-bond acceptors (Lipinski definition) is 3. The highest BCUT2D eigenvalue weighted by Crippen LogP contribution is 2.31. The molecule has 1 aliphatic heterocycles. The van der Waals surface area contributed by atoms with Gasteiger partial charge in [-0.3, -0.25) is 5.32 Å². The standard InChI is InChI=1S/C18H20N2O/c19-11-16-18(17(12-21)20-16)15-9-7-14(8-10-15)6-5-13-3-1-2-4-13/h7-10,13,16-18,20-21H,1-4,12H2/t16-,17+,18-/m1/s1. The van der Waals surface area contributed by atoms with Crippen LogP contribution in [0.2, 0.25) is 0 Å². The highest BCUT2D eigenvalue weighted by atomic mass is 16.3. The Morgan fingerprint density at radius 2 is 1.90 bits per heavy atom. The fourth-order valence-corrected chi connectivity index (χ4v) is 3.30. The SMILES string of the molecule is N#C[C@H]1N[C@@H](CO)[C@@H]1c1ccc(C#CC2CCCC2)cc1. The summed E-state index contributed by atoms with van der Waals surface area (Å²) in [4.78, 5) is 0. The first-order chi connectivity index (χ1) is 10.3. The van der Waals surface area contributed by atoms with Crippen LogP contribution < -0.4 is 5.32 Å². The lowest BCUT2D eigenvalue weighted by molar-refractivity contribution is 0.151. The van der Waals surface area contributed by atoms with Crippen LogP contribution in [-0.2, 0) is 0 Å². The lowest BCUT2D eigenvalue weighted by Gasteiger charge is -2.41. The molecular weight excluding hydrogens is 260 g/mol. The number of hydrogen-bond donors (Lipinski definition) is 2. The van der Waals surface area contributed by atoms with Crippen molar-refractivity contribution in [2.75, 3.05) is 6.61 Å². The molecule has 1 heterocycles. The highest BCUT2D eigenvalue weighted by Gasteiger charge is 2.40. The van der Waals surface area contributed by atoms with Crippen molar-refractivity contribution < 1.29 is 5.11 Å². The average Bonchev–Trinajstić information content (AvgIpc) is 3.00. The van der Waals surface area contributed by atoms with Gasteiger partial charge in [0.1, 0.15) is 6.04 Å². The first kappa shape index (κ1) is 14.1. The Kier molecular flexibility index (Phi) is 4.25. The predicted octanol–water partition coefficient (Wildman–Crippen LogP) is 2.17. The maximum Gasteiger partial charge on any atom is 0.104 e. The lowest BCUT2D eigenvalue weighted by atomic mass is 9.78. The molecule has 1 aromatic rings. The quantitative estimate of drug-likeness (QED) is 0.816. The van der Waals surface area contributed by atoms with Crippen molar-refractivity contribution in [3.8, 4) is 17.9 Å². The summed E-state index contributed by atoms with van der Waals surface area (Å²) in [5, 5.41) is 21.4. The van der Waals surface area contributed by atoms with Crippen LogP contribution in [0.25, 0.3) is 0 Å². The van der Waals surface area contributed by atoms with E-state index in [1.807, 2.05) is 24.3 Å². The third-order valence-electron chi connectivity index (χ3n) is 4.59. The van der Waals surface area contributed by atoms with Crippen molar-refractivity contribution >= 4 is 0 Å². The minimum atomic E-state index is -0.197. The summed E-state index contributed by atoms with van der Waals surface area (Å²) in [7, 11) is 0. The summed E-state index contributed by atoms with van der Waals surface area (Å²) in [6.07, 6.45) is 5.10. The van der Waals surface area contributed by atoms with Crippen LogP contribution in [-0.4, -0.2) is 23.8 Å². The molecular formula is C18H20N2O. The van der Waals surface area contributed by atoms with E-state index >= 15 is 0 Å². The summed E-state index contributed by atoms with van der Waals surface area (Å²) in [5.74, 6) is 7.27. The van der Waals surface area contributed by atoms with Crippen molar-refractivity contribution in [1.82, 2.24) is 5.32 Å². The zero-order chi connectivity index (χ0) is 14.7. The smallest absolute Gasteiger partial charge is 0.104 e. The van der Waals surface area contributed by atoms with E-state index < -0.39 is 0 Å². The first-order valence-electron chi connectivity index (χ1n) is 7.70. The minimum absolute atomic E-state index is 0.00919. The van der Waals surface area contributed by atoms with Gasteiger partial charge in [-0.2, -0.15) is 5.26 Å². The van der Waals surface area contributed by atoms with Crippen molar-refractivity contribution in [3.63, 3.8) is 0 Å². The van der Waals surface area contributed by atoms with Gasteiger partial charge in [-0.15, -0.1) is 0 Å². The second-order valence-electron chi connectivity index (χ2n) is 5.96. The molecule has 1 aromatic carbocycles. The van der Waals surface area contributed by atoms with Crippen LogP contribution in [0.1, 0.15) is 42.7 Å². The minimum Gasteiger partial charge on any atom is -0.395 e. The summed E-state index contributed by atoms with van der Waals surface area (Å²) in [6, 6.07) is 10.2. The fraction of sp³-hybridized carbons (Fsp3) is 0.500. The second-order valence-corrected chi connectivity index (χ2v) is 5.96. The van der Waals surface area contributed by atoms with Gasteiger partial charge in [0.05, 0.1) is 12.7 Å². The molecule has 3 nitrogen and oxygen atoms in total. The van der Waals surface area contributed by atoms with Crippen molar-refractivity contribution in [1.29, 1.82) is 5.26 Å². The molecule has 3 rings (SSSR count). The summed E-state index contributed by atoms with van der Waals surface area (Å²) in [6.45, 7) is 0.0616. The Bertz CT molecular complexity index is 584. The van der Waals surface area contributed by atoms with Crippen molar-refractivity contribution in [2.45, 2.75) is 43.7 Å². The molecule has 2 fully saturated rings. The number of aliphatic hydroxyl groups is 1. The van der Waals surface area contributed by atoms with E-state index in [4.69, 9.17) is 5.26 Å². The third-order valence-corrected chi connectivity index (χ3v) is 4.59. The third kappa shape index (κ3) is 2.95. The van der Waals surface area contributed by atoms with Gasteiger partial charge in [0, 0.05) is 23.4 Å². The highest BCUT2D eigenvalue weighted by molar-refractivity contribution is 5.40. The number of nitriles is 1. The molecule has 2 aliphatic rings. The van der Waals surface area contributed by atoms with E-state index in [0.717, 1.165) is 11.1 Å². The number of nitrogens with zero attached hydrogens (tertiary/aromatic N) is 1. The van der Waals surface area contributed by atoms with Gasteiger partial charge in [0.25, 0.3) is 0 Å². The fourth-order valence-electron chi connectivity index (χ4n) is 3.30. The maximum absolute atomic E-state index is 9.30. The van der Waals surface area contributed by atoms with Gasteiger partial charge in [0.2, 0.25) is 0 Å². The summed E-state index contributed by atoms with van der Waals surface area (Å²) < 4.78 is 0. The molecule has 0 bridgehead atoms. The molecule has 0 unspecified atom stereocenters. The largest absolute Gasteiger partial charge is 0.395 e. The molecule has 108 valence electrons. The zero-order valence-corrected chi connectivity index (χ0v) is 12.0. The van der Waals surface area contributed by atoms with Crippen LogP contribution >= 0.6 is 0 Å². The molecule has 1 saturated carbocycles. The Morgan fingerprint density at radius 1 is 1.19 bits per heavy atom. The first-order valence-corrected chi connectivity index (χ1v) is 7.70. The topological polar surface area (TPSA) is 56.0 Å². The average molecular weight is 280 g/mol. The predicted molar refractivity (Wildman–Crippen MR) is 81.4 cm³/mol. The van der Waals surface area contributed by atoms with E-state index in [1.165, 1.54) is 25.7 Å². The summed E-state index contributed by atoms with van der Waals surface area (Å²) in [5.41, 5.74) is 2.14. The number of aliphatic hydroxyl groups excluding tert-OH is 1. The van der Waals surface area contributed by atoms with E-state index in [2.05, 4.69) is 23.2 Å². The van der Waals surface area contributed by atoms with E-state index in [1.54, 1.807) is 0 Å². The van der Waals surface area contributed by atoms with Crippen LogP contribution in [0.15, 0.2) is 24.3 Å². The molecule has 1 aliphatic carbocycles. The van der Waals surface area contributed by atoms with Gasteiger partial charge in [0.15, 0.2) is 0 Å². The van der Waals surface area contributed by atoms with Gasteiger partial charge in [-0.1, -0.05) is 36.8 Å². The Balaban J connectivity index is 1.70. The van der Waals surface area contributed by atoms with Gasteiger partial charge in [-0.05, 0) is 30.5 Å². The molecule has 0 spiro atoms. The Labute approximate surface area is 126 Å². The molecule has 0 amide bonds. The van der Waals surface area contributed by atoms with E-state index in [0.29, 0.717) is 5.92 Å². The lowest BCUT2D eigenvalue weighted by Crippen LogP contribution is -2.60. The molecule has 0 radical (unpaired) electrons. The van der Waals surface area contributed by atoms with Crippen LogP contribution in [0.5, 0.6) is 0 Å². The van der Waals surface area contributed by atoms with Crippen LogP contribution in [0, 0.1) is 29.1 Å². The Hall–Kier alpha value is -1.81. The zero-order valence-electron chi connectivity index (χ0n) is 12.0. The monoisotopic (exact) mass is 280 g/mol. The molecule has 3 heteroatoms. The molecule has 2 N–H and O–H groups in total. The Morgan fingerprint density at radius 3 is 2.52 bits per heavy atom. The summed E-state index contributed by atoms with van der Waals surface area (Å²) >= 11 is 0. The molecule has 21 heavy (non-hydrogen) atoms. The molecule has 3 atom stereocenters. The maximum atomic E-state index is 9.30. The number of nitrogens with one attached hydrogen (secondary N) is 1. The van der Waals surface area contributed by atoms with Crippen LogP contribution in [0.3, 0.4) is 0 Å². The van der Waals surface area contributed by atoms with Gasteiger partial charge >= 0.3 is 0 Å². The molecule has 1 saturated heterocycles. The molecule has 0 aromatic heterocycles. The van der Waals surface area contributed by atoms with Crippen molar-refractivity contribution in [3.05, 3.63) is 35.4 Å². The normalized spacial score (nSPS) is 28.3. The number of benzene rings is 1. The van der Waals surface area contributed by atoms with Crippen LogP contribution in [0.4, 0.5) is 0 Å².